The van der Waals surface area contributed by atoms with Crippen LogP contribution in [-0.2, 0) is 6.42 Å². The molecule has 138 valence electrons. The van der Waals surface area contributed by atoms with E-state index in [4.69, 9.17) is 0 Å². The predicted molar refractivity (Wildman–Crippen MR) is 112 cm³/mol. The smallest absolute Gasteiger partial charge is 0.271 e. The van der Waals surface area contributed by atoms with E-state index in [-0.39, 0.29) is 5.91 Å². The first-order valence-corrected chi connectivity index (χ1v) is 9.20. The minimum Gasteiger partial charge on any atom is -0.277 e. The molecule has 0 bridgehead atoms. The lowest BCUT2D eigenvalue weighted by atomic mass is 10.0. The molecule has 2 N–H and O–H groups in total. The third-order valence-corrected chi connectivity index (χ3v) is 4.72. The molecule has 0 fully saturated rings. The van der Waals surface area contributed by atoms with Gasteiger partial charge in [-0.1, -0.05) is 67.6 Å². The maximum absolute atomic E-state index is 12.6. The van der Waals surface area contributed by atoms with E-state index in [0.29, 0.717) is 5.56 Å². The Morgan fingerprint density at radius 1 is 1.07 bits per heavy atom. The van der Waals surface area contributed by atoms with Gasteiger partial charge in [-0.3, -0.25) is 9.89 Å². The number of carbonyl (C=O) groups excluding carboxylic acids is 1. The molecule has 28 heavy (non-hydrogen) atoms. The van der Waals surface area contributed by atoms with Gasteiger partial charge in [0.25, 0.3) is 5.91 Å². The van der Waals surface area contributed by atoms with Crippen molar-refractivity contribution in [2.75, 3.05) is 0 Å². The van der Waals surface area contributed by atoms with Crippen molar-refractivity contribution in [1.82, 2.24) is 15.6 Å². The van der Waals surface area contributed by atoms with Crippen molar-refractivity contribution in [3.63, 3.8) is 0 Å². The zero-order chi connectivity index (χ0) is 19.3. The lowest BCUT2D eigenvalue weighted by Crippen LogP contribution is -2.17. The van der Waals surface area contributed by atoms with Gasteiger partial charge in [0, 0.05) is 16.7 Å². The van der Waals surface area contributed by atoms with Crippen molar-refractivity contribution in [2.24, 2.45) is 5.10 Å². The molecule has 4 aromatic rings. The molecule has 0 aliphatic carbocycles. The second-order valence-electron chi connectivity index (χ2n) is 6.48. The molecule has 5 heteroatoms. The van der Waals surface area contributed by atoms with Gasteiger partial charge in [0.05, 0.1) is 18.1 Å². The molecule has 0 radical (unpaired) electrons. The second kappa shape index (κ2) is 7.88. The first kappa shape index (κ1) is 17.7. The van der Waals surface area contributed by atoms with E-state index in [1.54, 1.807) is 18.5 Å². The van der Waals surface area contributed by atoms with Crippen molar-refractivity contribution < 1.29 is 4.79 Å². The monoisotopic (exact) mass is 368 g/mol. The number of hydrazone groups is 1. The highest BCUT2D eigenvalue weighted by Crippen LogP contribution is 2.21. The normalized spacial score (nSPS) is 11.2. The van der Waals surface area contributed by atoms with E-state index in [2.05, 4.69) is 51.9 Å². The SMILES string of the molecule is CCc1ccc(-c2[nH]ncc2C=NNC(=O)c2cccc3ccccc23)cc1. The molecule has 5 nitrogen and oxygen atoms in total. The van der Waals surface area contributed by atoms with Crippen LogP contribution in [0.1, 0.15) is 28.4 Å². The summed E-state index contributed by atoms with van der Waals surface area (Å²) >= 11 is 0. The number of fused-ring (bicyclic) bond motifs is 1. The van der Waals surface area contributed by atoms with Gasteiger partial charge in [0.15, 0.2) is 0 Å². The Labute approximate surface area is 163 Å². The van der Waals surface area contributed by atoms with Crippen LogP contribution in [0.15, 0.2) is 78.0 Å². The molecule has 0 aliphatic heterocycles. The van der Waals surface area contributed by atoms with Crippen LogP contribution in [0.5, 0.6) is 0 Å². The number of H-pyrrole nitrogens is 1. The van der Waals surface area contributed by atoms with Gasteiger partial charge in [-0.2, -0.15) is 10.2 Å². The summed E-state index contributed by atoms with van der Waals surface area (Å²) < 4.78 is 0. The van der Waals surface area contributed by atoms with Crippen LogP contribution in [0.25, 0.3) is 22.0 Å². The number of aryl methyl sites for hydroxylation is 1. The van der Waals surface area contributed by atoms with E-state index >= 15 is 0 Å². The topological polar surface area (TPSA) is 70.1 Å². The van der Waals surface area contributed by atoms with Crippen LogP contribution in [0.3, 0.4) is 0 Å². The number of hydrogen-bond donors (Lipinski definition) is 2. The molecule has 4 rings (SSSR count). The Morgan fingerprint density at radius 3 is 2.68 bits per heavy atom. The summed E-state index contributed by atoms with van der Waals surface area (Å²) in [5.41, 5.74) is 7.19. The minimum atomic E-state index is -0.245. The number of carbonyl (C=O) groups is 1. The van der Waals surface area contributed by atoms with Crippen LogP contribution in [-0.4, -0.2) is 22.3 Å². The molecular formula is C23H20N4O. The Morgan fingerprint density at radius 2 is 1.86 bits per heavy atom. The van der Waals surface area contributed by atoms with Crippen LogP contribution in [0.4, 0.5) is 0 Å². The number of nitrogens with one attached hydrogen (secondary N) is 2. The quantitative estimate of drug-likeness (QED) is 0.401. The molecule has 1 aromatic heterocycles. The molecule has 0 saturated heterocycles. The average Bonchev–Trinajstić information content (AvgIpc) is 3.22. The van der Waals surface area contributed by atoms with Gasteiger partial charge in [-0.25, -0.2) is 5.43 Å². The van der Waals surface area contributed by atoms with E-state index in [0.717, 1.165) is 34.0 Å². The van der Waals surface area contributed by atoms with Crippen LogP contribution in [0.2, 0.25) is 0 Å². The van der Waals surface area contributed by atoms with Gasteiger partial charge in [0.2, 0.25) is 0 Å². The Bertz CT molecular complexity index is 1140. The number of nitrogens with zero attached hydrogens (tertiary/aromatic N) is 2. The summed E-state index contributed by atoms with van der Waals surface area (Å²) in [5.74, 6) is -0.245. The fraction of sp³-hybridized carbons (Fsp3) is 0.0870. The Kier molecular flexibility index (Phi) is 4.97. The maximum atomic E-state index is 12.6. The van der Waals surface area contributed by atoms with Crippen LogP contribution in [0, 0.1) is 0 Å². The van der Waals surface area contributed by atoms with E-state index in [1.807, 2.05) is 36.4 Å². The van der Waals surface area contributed by atoms with Crippen molar-refractivity contribution in [1.29, 1.82) is 0 Å². The fourth-order valence-electron chi connectivity index (χ4n) is 3.18. The molecule has 0 aliphatic rings. The summed E-state index contributed by atoms with van der Waals surface area (Å²) in [5, 5.41) is 13.2. The third kappa shape index (κ3) is 3.55. The highest BCUT2D eigenvalue weighted by molar-refractivity contribution is 6.07. The summed E-state index contributed by atoms with van der Waals surface area (Å²) in [7, 11) is 0. The summed E-state index contributed by atoms with van der Waals surface area (Å²) in [6.45, 7) is 2.13. The van der Waals surface area contributed by atoms with Crippen molar-refractivity contribution >= 4 is 22.9 Å². The molecule has 0 saturated carbocycles. The van der Waals surface area contributed by atoms with E-state index in [1.165, 1.54) is 5.56 Å². The van der Waals surface area contributed by atoms with Gasteiger partial charge >= 0.3 is 0 Å². The highest BCUT2D eigenvalue weighted by atomic mass is 16.2. The lowest BCUT2D eigenvalue weighted by molar-refractivity contribution is 0.0957. The van der Waals surface area contributed by atoms with E-state index < -0.39 is 0 Å². The largest absolute Gasteiger partial charge is 0.277 e. The molecule has 0 atom stereocenters. The van der Waals surface area contributed by atoms with Gasteiger partial charge in [-0.05, 0) is 28.8 Å². The predicted octanol–water partition coefficient (Wildman–Crippen LogP) is 4.56. The molecule has 1 heterocycles. The minimum absolute atomic E-state index is 0.245. The standard InChI is InChI=1S/C23H20N4O/c1-2-16-10-12-18(13-11-16)22-19(14-24-26-22)15-25-27-23(28)21-9-5-7-17-6-3-4-8-20(17)21/h3-15H,2H2,1H3,(H,24,26)(H,27,28). The number of hydrogen-bond acceptors (Lipinski definition) is 3. The maximum Gasteiger partial charge on any atom is 0.271 e. The number of benzene rings is 3. The lowest BCUT2D eigenvalue weighted by Gasteiger charge is -2.05. The van der Waals surface area contributed by atoms with E-state index in [9.17, 15) is 4.79 Å². The molecule has 0 unspecified atom stereocenters. The van der Waals surface area contributed by atoms with Crippen molar-refractivity contribution in [2.45, 2.75) is 13.3 Å². The molecule has 0 spiro atoms. The number of aromatic amines is 1. The molecule has 1 amide bonds. The van der Waals surface area contributed by atoms with Crippen LogP contribution >= 0.6 is 0 Å². The summed E-state index contributed by atoms with van der Waals surface area (Å²) in [6.07, 6.45) is 4.30. The van der Waals surface area contributed by atoms with Gasteiger partial charge in [-0.15, -0.1) is 0 Å². The zero-order valence-corrected chi connectivity index (χ0v) is 15.5. The van der Waals surface area contributed by atoms with Gasteiger partial charge in [0.1, 0.15) is 0 Å². The highest BCUT2D eigenvalue weighted by Gasteiger charge is 2.09. The van der Waals surface area contributed by atoms with Crippen molar-refractivity contribution in [3.05, 3.63) is 89.6 Å². The number of amides is 1. The summed E-state index contributed by atoms with van der Waals surface area (Å²) in [6, 6.07) is 21.7. The molecule has 3 aromatic carbocycles. The Balaban J connectivity index is 1.52. The van der Waals surface area contributed by atoms with Crippen molar-refractivity contribution in [3.8, 4) is 11.3 Å². The first-order valence-electron chi connectivity index (χ1n) is 9.20. The summed E-state index contributed by atoms with van der Waals surface area (Å²) in [4.78, 5) is 12.6. The number of rotatable bonds is 5. The Hall–Kier alpha value is -3.73. The van der Waals surface area contributed by atoms with Gasteiger partial charge < -0.3 is 0 Å². The zero-order valence-electron chi connectivity index (χ0n) is 15.5. The average molecular weight is 368 g/mol. The molecular weight excluding hydrogens is 348 g/mol. The number of aromatic nitrogens is 2. The first-order chi connectivity index (χ1) is 13.8. The fourth-order valence-corrected chi connectivity index (χ4v) is 3.18. The second-order valence-corrected chi connectivity index (χ2v) is 6.48. The third-order valence-electron chi connectivity index (χ3n) is 4.72. The van der Waals surface area contributed by atoms with Crippen LogP contribution < -0.4 is 5.43 Å².